The number of benzene rings is 1. The lowest BCUT2D eigenvalue weighted by Gasteiger charge is -2.17. The molecule has 0 spiro atoms. The Hall–Kier alpha value is -1.62. The van der Waals surface area contributed by atoms with Crippen molar-refractivity contribution in [2.75, 3.05) is 10.7 Å². The quantitative estimate of drug-likeness (QED) is 0.628. The fraction of sp³-hybridized carbons (Fsp3) is 0.357. The van der Waals surface area contributed by atoms with Crippen LogP contribution in [0.2, 0.25) is 0 Å². The Balaban J connectivity index is 2.31. The molecule has 0 aromatic heterocycles. The van der Waals surface area contributed by atoms with Gasteiger partial charge < -0.3 is 0 Å². The molecule has 1 saturated heterocycles. The Bertz CT molecular complexity index is 537. The summed E-state index contributed by atoms with van der Waals surface area (Å²) in [6, 6.07) is 7.80. The van der Waals surface area contributed by atoms with Gasteiger partial charge in [0.1, 0.15) is 0 Å². The van der Waals surface area contributed by atoms with Crippen LogP contribution in [0.4, 0.5) is 5.69 Å². The van der Waals surface area contributed by atoms with Gasteiger partial charge >= 0.3 is 0 Å². The minimum Gasteiger partial charge on any atom is -0.273 e. The van der Waals surface area contributed by atoms with Crippen molar-refractivity contribution >= 4 is 34.7 Å². The third kappa shape index (κ3) is 3.23. The molecule has 1 aliphatic heterocycles. The van der Waals surface area contributed by atoms with Crippen LogP contribution < -0.4 is 4.90 Å². The van der Waals surface area contributed by atoms with Crippen LogP contribution in [-0.4, -0.2) is 23.0 Å². The summed E-state index contributed by atoms with van der Waals surface area (Å²) in [4.78, 5) is 13.7. The number of thioether (sulfide) groups is 1. The number of hydrogen-bond donors (Lipinski definition) is 0. The second-order valence-corrected chi connectivity index (χ2v) is 5.64. The fourth-order valence-electron chi connectivity index (χ4n) is 1.70. The Morgan fingerprint density at radius 2 is 2.11 bits per heavy atom. The van der Waals surface area contributed by atoms with E-state index in [1.165, 1.54) is 11.8 Å². The third-order valence-corrected chi connectivity index (χ3v) is 3.54. The Kier molecular flexibility index (Phi) is 4.37. The number of para-hydroxylation sites is 1. The molecule has 1 heterocycles. The second kappa shape index (κ2) is 6.02. The molecule has 2 rings (SSSR count). The maximum absolute atomic E-state index is 12.0. The van der Waals surface area contributed by atoms with E-state index in [9.17, 15) is 4.79 Å². The number of rotatable bonds is 3. The van der Waals surface area contributed by atoms with E-state index in [1.807, 2.05) is 45.0 Å². The smallest absolute Gasteiger partial charge is 0.243 e. The molecule has 0 aliphatic carbocycles. The maximum Gasteiger partial charge on any atom is 0.243 e. The predicted molar refractivity (Wildman–Crippen MR) is 81.9 cm³/mol. The van der Waals surface area contributed by atoms with E-state index in [-0.39, 0.29) is 5.91 Å². The van der Waals surface area contributed by atoms with Gasteiger partial charge in [-0.2, -0.15) is 5.10 Å². The van der Waals surface area contributed by atoms with Gasteiger partial charge in [-0.15, -0.1) is 5.10 Å². The first kappa shape index (κ1) is 13.8. The van der Waals surface area contributed by atoms with Crippen molar-refractivity contribution in [3.05, 3.63) is 29.8 Å². The average molecular weight is 275 g/mol. The zero-order valence-corrected chi connectivity index (χ0v) is 12.1. The summed E-state index contributed by atoms with van der Waals surface area (Å²) < 4.78 is 0. The van der Waals surface area contributed by atoms with Crippen molar-refractivity contribution in [2.45, 2.75) is 20.8 Å². The molecule has 0 bridgehead atoms. The van der Waals surface area contributed by atoms with Crippen LogP contribution in [-0.2, 0) is 4.79 Å². The van der Waals surface area contributed by atoms with Gasteiger partial charge in [0.05, 0.1) is 11.4 Å². The molecule has 19 heavy (non-hydrogen) atoms. The lowest BCUT2D eigenvalue weighted by molar-refractivity contribution is -0.115. The van der Waals surface area contributed by atoms with Crippen LogP contribution >= 0.6 is 11.8 Å². The minimum absolute atomic E-state index is 0.0535. The molecule has 1 aliphatic rings. The van der Waals surface area contributed by atoms with Gasteiger partial charge in [0, 0.05) is 6.21 Å². The largest absolute Gasteiger partial charge is 0.273 e. The van der Waals surface area contributed by atoms with Crippen LogP contribution in [0.25, 0.3) is 0 Å². The summed E-state index contributed by atoms with van der Waals surface area (Å²) in [5.74, 6) is 0.820. The van der Waals surface area contributed by atoms with E-state index in [4.69, 9.17) is 0 Å². The first-order chi connectivity index (χ1) is 9.09. The van der Waals surface area contributed by atoms with Gasteiger partial charge in [-0.3, -0.25) is 9.69 Å². The highest BCUT2D eigenvalue weighted by molar-refractivity contribution is 8.15. The van der Waals surface area contributed by atoms with E-state index in [1.54, 1.807) is 11.1 Å². The number of amides is 1. The monoisotopic (exact) mass is 275 g/mol. The average Bonchev–Trinajstić information content (AvgIpc) is 2.71. The summed E-state index contributed by atoms with van der Waals surface area (Å²) in [5, 5.41) is 8.86. The summed E-state index contributed by atoms with van der Waals surface area (Å²) in [6.07, 6.45) is 1.77. The molecule has 1 amide bonds. The lowest BCUT2D eigenvalue weighted by Crippen LogP contribution is -2.29. The lowest BCUT2D eigenvalue weighted by atomic mass is 10.2. The summed E-state index contributed by atoms with van der Waals surface area (Å²) in [6.45, 7) is 6.06. The molecule has 0 saturated carbocycles. The number of carbonyl (C=O) groups is 1. The highest BCUT2D eigenvalue weighted by Gasteiger charge is 2.30. The molecule has 1 aromatic carbocycles. The molecule has 5 heteroatoms. The Morgan fingerprint density at radius 3 is 2.79 bits per heavy atom. The van der Waals surface area contributed by atoms with Crippen LogP contribution in [0.1, 0.15) is 19.4 Å². The topological polar surface area (TPSA) is 45.0 Å². The first-order valence-electron chi connectivity index (χ1n) is 6.22. The zero-order chi connectivity index (χ0) is 13.8. The van der Waals surface area contributed by atoms with E-state index in [2.05, 4.69) is 10.2 Å². The third-order valence-electron chi connectivity index (χ3n) is 2.63. The van der Waals surface area contributed by atoms with E-state index < -0.39 is 0 Å². The normalized spacial score (nSPS) is 18.2. The van der Waals surface area contributed by atoms with Crippen molar-refractivity contribution in [1.82, 2.24) is 0 Å². The molecule has 1 fully saturated rings. The van der Waals surface area contributed by atoms with Crippen molar-refractivity contribution in [3.8, 4) is 0 Å². The van der Waals surface area contributed by atoms with Gasteiger partial charge in [-0.1, -0.05) is 43.8 Å². The van der Waals surface area contributed by atoms with Gasteiger partial charge in [-0.05, 0) is 24.5 Å². The van der Waals surface area contributed by atoms with Crippen molar-refractivity contribution in [1.29, 1.82) is 0 Å². The van der Waals surface area contributed by atoms with Crippen LogP contribution in [0, 0.1) is 12.8 Å². The highest BCUT2D eigenvalue weighted by Crippen LogP contribution is 2.29. The minimum atomic E-state index is 0.0535. The zero-order valence-electron chi connectivity index (χ0n) is 11.3. The number of hydrogen-bond acceptors (Lipinski definition) is 4. The molecule has 1 aromatic rings. The van der Waals surface area contributed by atoms with Gasteiger partial charge in [0.2, 0.25) is 5.91 Å². The Labute approximate surface area is 117 Å². The molecule has 100 valence electrons. The molecular formula is C14H17N3OS. The second-order valence-electron chi connectivity index (χ2n) is 4.70. The summed E-state index contributed by atoms with van der Waals surface area (Å²) >= 11 is 1.43. The number of carbonyl (C=O) groups excluding carboxylic acids is 1. The van der Waals surface area contributed by atoms with Gasteiger partial charge in [0.25, 0.3) is 0 Å². The van der Waals surface area contributed by atoms with E-state index >= 15 is 0 Å². The SMILES string of the molecule is Cc1ccccc1N1C(=O)CS/C1=N\N=C\C(C)C. The van der Waals surface area contributed by atoms with E-state index in [0.717, 1.165) is 11.3 Å². The van der Waals surface area contributed by atoms with Gasteiger partial charge in [-0.25, -0.2) is 0 Å². The molecule has 4 nitrogen and oxygen atoms in total. The predicted octanol–water partition coefficient (Wildman–Crippen LogP) is 3.07. The molecule has 0 N–H and O–H groups in total. The fourth-order valence-corrected chi connectivity index (χ4v) is 2.52. The van der Waals surface area contributed by atoms with Crippen molar-refractivity contribution in [2.24, 2.45) is 16.1 Å². The van der Waals surface area contributed by atoms with Crippen LogP contribution in [0.5, 0.6) is 0 Å². The van der Waals surface area contributed by atoms with Crippen molar-refractivity contribution in [3.63, 3.8) is 0 Å². The number of amidine groups is 1. The van der Waals surface area contributed by atoms with Crippen LogP contribution in [0.15, 0.2) is 34.5 Å². The number of anilines is 1. The Morgan fingerprint density at radius 1 is 1.37 bits per heavy atom. The van der Waals surface area contributed by atoms with E-state index in [0.29, 0.717) is 16.8 Å². The highest BCUT2D eigenvalue weighted by atomic mass is 32.2. The number of aryl methyl sites for hydroxylation is 1. The molecule has 0 atom stereocenters. The van der Waals surface area contributed by atoms with Crippen molar-refractivity contribution < 1.29 is 4.79 Å². The molecule has 0 radical (unpaired) electrons. The summed E-state index contributed by atoms with van der Waals surface area (Å²) in [5.41, 5.74) is 1.94. The maximum atomic E-state index is 12.0. The first-order valence-corrected chi connectivity index (χ1v) is 7.20. The molecule has 0 unspecified atom stereocenters. The molecular weight excluding hydrogens is 258 g/mol. The standard InChI is InChI=1S/C14H17N3OS/c1-10(2)8-15-16-14-17(13(18)9-19-14)12-7-5-4-6-11(12)3/h4-8,10H,9H2,1-3H3/b15-8+,16-14-. The number of nitrogens with zero attached hydrogens (tertiary/aromatic N) is 3. The summed E-state index contributed by atoms with van der Waals surface area (Å²) in [7, 11) is 0. The van der Waals surface area contributed by atoms with Gasteiger partial charge in [0.15, 0.2) is 5.17 Å². The van der Waals surface area contributed by atoms with Crippen LogP contribution in [0.3, 0.4) is 0 Å².